The number of halogens is 1. The molecule has 1 aliphatic rings. The van der Waals surface area contributed by atoms with E-state index in [1.165, 1.54) is 11.6 Å². The van der Waals surface area contributed by atoms with Gasteiger partial charge in [-0.3, -0.25) is 4.90 Å². The van der Waals surface area contributed by atoms with Gasteiger partial charge in [0.15, 0.2) is 0 Å². The zero-order chi connectivity index (χ0) is 10.1. The molecule has 1 aromatic rings. The number of fused-ring (bicyclic) bond motifs is 1. The second-order valence-electron chi connectivity index (χ2n) is 3.83. The van der Waals surface area contributed by atoms with Gasteiger partial charge < -0.3 is 5.73 Å². The Morgan fingerprint density at radius 1 is 1.57 bits per heavy atom. The van der Waals surface area contributed by atoms with Gasteiger partial charge in [-0.25, -0.2) is 4.39 Å². The largest absolute Gasteiger partial charge is 0.329 e. The molecule has 3 heteroatoms. The minimum Gasteiger partial charge on any atom is -0.329 e. The van der Waals surface area contributed by atoms with Gasteiger partial charge >= 0.3 is 0 Å². The van der Waals surface area contributed by atoms with E-state index in [0.717, 1.165) is 18.5 Å². The monoisotopic (exact) mass is 194 g/mol. The van der Waals surface area contributed by atoms with Crippen LogP contribution < -0.4 is 5.73 Å². The van der Waals surface area contributed by atoms with Crippen molar-refractivity contribution in [2.75, 3.05) is 20.1 Å². The fourth-order valence-electron chi connectivity index (χ4n) is 2.10. The van der Waals surface area contributed by atoms with Gasteiger partial charge in [-0.1, -0.05) is 6.07 Å². The van der Waals surface area contributed by atoms with Gasteiger partial charge in [-0.15, -0.1) is 0 Å². The molecule has 0 spiro atoms. The van der Waals surface area contributed by atoms with Crippen LogP contribution in [-0.2, 0) is 6.42 Å². The lowest BCUT2D eigenvalue weighted by molar-refractivity contribution is 0.236. The molecule has 2 nitrogen and oxygen atoms in total. The van der Waals surface area contributed by atoms with Gasteiger partial charge in [-0.2, -0.15) is 0 Å². The summed E-state index contributed by atoms with van der Waals surface area (Å²) in [5, 5.41) is 0. The Morgan fingerprint density at radius 2 is 2.36 bits per heavy atom. The maximum atomic E-state index is 13.1. The first-order valence-electron chi connectivity index (χ1n) is 4.91. The molecule has 76 valence electrons. The van der Waals surface area contributed by atoms with E-state index in [2.05, 4.69) is 4.90 Å². The molecule has 0 aromatic heterocycles. The van der Waals surface area contributed by atoms with E-state index >= 15 is 0 Å². The minimum atomic E-state index is -0.169. The Labute approximate surface area is 83.5 Å². The first-order valence-corrected chi connectivity index (χ1v) is 4.91. The molecule has 1 atom stereocenters. The average Bonchev–Trinajstić information content (AvgIpc) is 2.17. The predicted octanol–water partition coefficient (Wildman–Crippen LogP) is 1.31. The van der Waals surface area contributed by atoms with Gasteiger partial charge in [0.25, 0.3) is 0 Å². The van der Waals surface area contributed by atoms with E-state index in [-0.39, 0.29) is 11.9 Å². The van der Waals surface area contributed by atoms with E-state index in [4.69, 9.17) is 5.73 Å². The van der Waals surface area contributed by atoms with E-state index in [9.17, 15) is 4.39 Å². The maximum Gasteiger partial charge on any atom is 0.123 e. The molecule has 1 aliphatic heterocycles. The topological polar surface area (TPSA) is 29.3 Å². The van der Waals surface area contributed by atoms with Gasteiger partial charge in [0.1, 0.15) is 5.82 Å². The highest BCUT2D eigenvalue weighted by atomic mass is 19.1. The molecule has 2 rings (SSSR count). The van der Waals surface area contributed by atoms with Crippen molar-refractivity contribution >= 4 is 0 Å². The van der Waals surface area contributed by atoms with Crippen LogP contribution >= 0.6 is 0 Å². The van der Waals surface area contributed by atoms with Crippen molar-refractivity contribution in [3.63, 3.8) is 0 Å². The van der Waals surface area contributed by atoms with Crippen LogP contribution in [0.2, 0.25) is 0 Å². The fraction of sp³-hybridized carbons (Fsp3) is 0.455. The van der Waals surface area contributed by atoms with Gasteiger partial charge in [-0.05, 0) is 36.7 Å². The van der Waals surface area contributed by atoms with Crippen LogP contribution in [0.4, 0.5) is 4.39 Å². The van der Waals surface area contributed by atoms with Crippen molar-refractivity contribution in [2.24, 2.45) is 5.73 Å². The number of hydrogen-bond acceptors (Lipinski definition) is 2. The van der Waals surface area contributed by atoms with E-state index in [1.807, 2.05) is 13.1 Å². The van der Waals surface area contributed by atoms with Crippen LogP contribution in [0, 0.1) is 5.82 Å². The standard InChI is InChI=1S/C11H15FN2/c1-14-5-4-8-2-3-9(12)6-10(8)11(14)7-13/h2-3,6,11H,4-5,7,13H2,1H3. The number of nitrogens with two attached hydrogens (primary N) is 1. The number of hydrogen-bond donors (Lipinski definition) is 1. The van der Waals surface area contributed by atoms with E-state index in [1.54, 1.807) is 6.07 Å². The third kappa shape index (κ3) is 1.53. The van der Waals surface area contributed by atoms with Crippen molar-refractivity contribution in [1.82, 2.24) is 4.90 Å². The zero-order valence-electron chi connectivity index (χ0n) is 8.33. The van der Waals surface area contributed by atoms with E-state index in [0.29, 0.717) is 6.54 Å². The molecule has 0 saturated heterocycles. The van der Waals surface area contributed by atoms with Crippen molar-refractivity contribution < 1.29 is 4.39 Å². The Kier molecular flexibility index (Phi) is 2.52. The summed E-state index contributed by atoms with van der Waals surface area (Å²) in [5.74, 6) is -0.169. The summed E-state index contributed by atoms with van der Waals surface area (Å²) < 4.78 is 13.1. The zero-order valence-corrected chi connectivity index (χ0v) is 8.33. The molecule has 0 amide bonds. The van der Waals surface area contributed by atoms with Crippen LogP contribution in [0.15, 0.2) is 18.2 Å². The summed E-state index contributed by atoms with van der Waals surface area (Å²) in [7, 11) is 2.03. The normalized spacial score (nSPS) is 22.1. The van der Waals surface area contributed by atoms with Crippen LogP contribution in [-0.4, -0.2) is 25.0 Å². The van der Waals surface area contributed by atoms with Gasteiger partial charge in [0.2, 0.25) is 0 Å². The first kappa shape index (κ1) is 9.62. The van der Waals surface area contributed by atoms with Crippen molar-refractivity contribution in [2.45, 2.75) is 12.5 Å². The maximum absolute atomic E-state index is 13.1. The summed E-state index contributed by atoms with van der Waals surface area (Å²) in [5.41, 5.74) is 7.99. The summed E-state index contributed by atoms with van der Waals surface area (Å²) >= 11 is 0. The highest BCUT2D eigenvalue weighted by molar-refractivity contribution is 5.33. The molecule has 1 unspecified atom stereocenters. The molecular formula is C11H15FN2. The molecule has 0 radical (unpaired) electrons. The number of rotatable bonds is 1. The molecule has 14 heavy (non-hydrogen) atoms. The second-order valence-corrected chi connectivity index (χ2v) is 3.83. The lowest BCUT2D eigenvalue weighted by atomic mass is 9.93. The molecule has 1 aromatic carbocycles. The van der Waals surface area contributed by atoms with Crippen molar-refractivity contribution in [1.29, 1.82) is 0 Å². The average molecular weight is 194 g/mol. The van der Waals surface area contributed by atoms with Crippen LogP contribution in [0.25, 0.3) is 0 Å². The van der Waals surface area contributed by atoms with Gasteiger partial charge in [0.05, 0.1) is 0 Å². The summed E-state index contributed by atoms with van der Waals surface area (Å²) in [6.45, 7) is 1.55. The smallest absolute Gasteiger partial charge is 0.123 e. The Hall–Kier alpha value is -0.930. The molecule has 0 fully saturated rings. The number of benzene rings is 1. The minimum absolute atomic E-state index is 0.169. The lowest BCUT2D eigenvalue weighted by Crippen LogP contribution is -2.36. The first-order chi connectivity index (χ1) is 6.72. The van der Waals surface area contributed by atoms with E-state index < -0.39 is 0 Å². The third-order valence-corrected chi connectivity index (χ3v) is 2.96. The Balaban J connectivity index is 2.43. The van der Waals surface area contributed by atoms with Crippen molar-refractivity contribution in [3.05, 3.63) is 35.1 Å². The Bertz CT molecular complexity index is 338. The summed E-state index contributed by atoms with van der Waals surface area (Å²) in [6, 6.07) is 5.19. The second kappa shape index (κ2) is 3.67. The molecule has 0 bridgehead atoms. The quantitative estimate of drug-likeness (QED) is 0.730. The van der Waals surface area contributed by atoms with Crippen molar-refractivity contribution in [3.8, 4) is 0 Å². The fourth-order valence-corrected chi connectivity index (χ4v) is 2.10. The molecule has 1 heterocycles. The molecule has 0 saturated carbocycles. The molecule has 0 aliphatic carbocycles. The SMILES string of the molecule is CN1CCc2ccc(F)cc2C1CN. The lowest BCUT2D eigenvalue weighted by Gasteiger charge is -2.33. The van der Waals surface area contributed by atoms with Crippen LogP contribution in [0.1, 0.15) is 17.2 Å². The Morgan fingerprint density at radius 3 is 3.07 bits per heavy atom. The third-order valence-electron chi connectivity index (χ3n) is 2.96. The number of likely N-dealkylation sites (N-methyl/N-ethyl adjacent to an activating group) is 1. The highest BCUT2D eigenvalue weighted by Gasteiger charge is 2.23. The van der Waals surface area contributed by atoms with Crippen LogP contribution in [0.3, 0.4) is 0 Å². The predicted molar refractivity (Wildman–Crippen MR) is 54.5 cm³/mol. The highest BCUT2D eigenvalue weighted by Crippen LogP contribution is 2.28. The number of nitrogens with zero attached hydrogens (tertiary/aromatic N) is 1. The van der Waals surface area contributed by atoms with Crippen LogP contribution in [0.5, 0.6) is 0 Å². The summed E-state index contributed by atoms with van der Waals surface area (Å²) in [4.78, 5) is 2.18. The molecular weight excluding hydrogens is 179 g/mol. The summed E-state index contributed by atoms with van der Waals surface area (Å²) in [6.07, 6.45) is 0.989. The van der Waals surface area contributed by atoms with Gasteiger partial charge in [0, 0.05) is 19.1 Å². The molecule has 2 N–H and O–H groups in total.